The molecule has 1 fully saturated rings. The van der Waals surface area contributed by atoms with Gasteiger partial charge in [0.15, 0.2) is 0 Å². The molecule has 0 bridgehead atoms. The lowest BCUT2D eigenvalue weighted by Crippen LogP contribution is -2.53. The minimum Gasteiger partial charge on any atom is -0.340 e. The minimum absolute atomic E-state index is 0.277. The van der Waals surface area contributed by atoms with Crippen molar-refractivity contribution in [3.63, 3.8) is 0 Å². The van der Waals surface area contributed by atoms with E-state index in [1.54, 1.807) is 0 Å². The van der Waals surface area contributed by atoms with Gasteiger partial charge in [-0.15, -0.1) is 0 Å². The lowest BCUT2D eigenvalue weighted by Gasteiger charge is -2.38. The van der Waals surface area contributed by atoms with Crippen LogP contribution in [0.15, 0.2) is 30.3 Å². The summed E-state index contributed by atoms with van der Waals surface area (Å²) in [6.07, 6.45) is 2.52. The molecule has 0 aromatic heterocycles. The number of hydrogen-bond acceptors (Lipinski definition) is 3. The summed E-state index contributed by atoms with van der Waals surface area (Å²) in [5, 5.41) is 0. The maximum Gasteiger partial charge on any atom is 0.222 e. The molecule has 0 spiro atoms. The first-order chi connectivity index (χ1) is 10.2. The van der Waals surface area contributed by atoms with Crippen molar-refractivity contribution in [1.29, 1.82) is 0 Å². The van der Waals surface area contributed by atoms with E-state index in [1.807, 2.05) is 23.1 Å². The van der Waals surface area contributed by atoms with Gasteiger partial charge in [-0.25, -0.2) is 0 Å². The van der Waals surface area contributed by atoms with Crippen LogP contribution in [-0.2, 0) is 11.2 Å². The van der Waals surface area contributed by atoms with Gasteiger partial charge in [0.1, 0.15) is 0 Å². The molecule has 0 radical (unpaired) electrons. The highest BCUT2D eigenvalue weighted by atomic mass is 16.2. The Labute approximate surface area is 127 Å². The molecule has 4 heteroatoms. The SMILES string of the molecule is CCC(CN)N1CCN(C(=O)CCc2ccccc2)CC1. The van der Waals surface area contributed by atoms with Crippen LogP contribution in [0, 0.1) is 0 Å². The molecule has 1 atom stereocenters. The maximum absolute atomic E-state index is 12.3. The lowest BCUT2D eigenvalue weighted by molar-refractivity contribution is -0.133. The minimum atomic E-state index is 0.277. The van der Waals surface area contributed by atoms with Crippen molar-refractivity contribution >= 4 is 5.91 Å². The standard InChI is InChI=1S/C17H27N3O/c1-2-16(14-18)19-10-12-20(13-11-19)17(21)9-8-15-6-4-3-5-7-15/h3-7,16H,2,8-14,18H2,1H3. The van der Waals surface area contributed by atoms with Gasteiger partial charge in [0.2, 0.25) is 5.91 Å². The molecule has 1 heterocycles. The predicted octanol–water partition coefficient (Wildman–Crippen LogP) is 1.50. The molecule has 1 aromatic carbocycles. The van der Waals surface area contributed by atoms with Crippen molar-refractivity contribution in [3.8, 4) is 0 Å². The van der Waals surface area contributed by atoms with Crippen LogP contribution in [0.1, 0.15) is 25.3 Å². The van der Waals surface area contributed by atoms with E-state index < -0.39 is 0 Å². The molecule has 0 saturated carbocycles. The number of aryl methyl sites for hydroxylation is 1. The number of nitrogens with zero attached hydrogens (tertiary/aromatic N) is 2. The molecule has 1 aliphatic heterocycles. The van der Waals surface area contributed by atoms with Crippen LogP contribution in [-0.4, -0.2) is 54.5 Å². The smallest absolute Gasteiger partial charge is 0.222 e. The van der Waals surface area contributed by atoms with Crippen LogP contribution in [0.5, 0.6) is 0 Å². The van der Waals surface area contributed by atoms with E-state index in [2.05, 4.69) is 24.0 Å². The fourth-order valence-electron chi connectivity index (χ4n) is 2.96. The second kappa shape index (κ2) is 8.15. The third kappa shape index (κ3) is 4.55. The van der Waals surface area contributed by atoms with Gasteiger partial charge < -0.3 is 10.6 Å². The summed E-state index contributed by atoms with van der Waals surface area (Å²) < 4.78 is 0. The fraction of sp³-hybridized carbons (Fsp3) is 0.588. The Morgan fingerprint density at radius 3 is 2.43 bits per heavy atom. The highest BCUT2D eigenvalue weighted by Gasteiger charge is 2.24. The first-order valence-electron chi connectivity index (χ1n) is 8.00. The number of amides is 1. The first kappa shape index (κ1) is 16.0. The van der Waals surface area contributed by atoms with Crippen molar-refractivity contribution in [2.45, 2.75) is 32.2 Å². The van der Waals surface area contributed by atoms with Crippen molar-refractivity contribution in [2.75, 3.05) is 32.7 Å². The molecule has 116 valence electrons. The fourth-order valence-corrected chi connectivity index (χ4v) is 2.96. The van der Waals surface area contributed by atoms with Crippen LogP contribution in [0.3, 0.4) is 0 Å². The van der Waals surface area contributed by atoms with Gasteiger partial charge in [-0.05, 0) is 18.4 Å². The van der Waals surface area contributed by atoms with E-state index in [0.29, 0.717) is 19.0 Å². The van der Waals surface area contributed by atoms with Gasteiger partial charge in [-0.1, -0.05) is 37.3 Å². The molecule has 1 aromatic rings. The molecule has 1 aliphatic rings. The lowest BCUT2D eigenvalue weighted by atomic mass is 10.1. The number of benzene rings is 1. The van der Waals surface area contributed by atoms with E-state index in [-0.39, 0.29) is 5.91 Å². The largest absolute Gasteiger partial charge is 0.340 e. The second-order valence-corrected chi connectivity index (χ2v) is 5.70. The second-order valence-electron chi connectivity index (χ2n) is 5.70. The van der Waals surface area contributed by atoms with Gasteiger partial charge in [-0.2, -0.15) is 0 Å². The van der Waals surface area contributed by atoms with Crippen molar-refractivity contribution in [2.24, 2.45) is 5.73 Å². The average molecular weight is 289 g/mol. The van der Waals surface area contributed by atoms with Gasteiger partial charge >= 0.3 is 0 Å². The Kier molecular flexibility index (Phi) is 6.21. The Morgan fingerprint density at radius 2 is 1.86 bits per heavy atom. The number of carbonyl (C=O) groups is 1. The molecule has 4 nitrogen and oxygen atoms in total. The van der Waals surface area contributed by atoms with Crippen LogP contribution in [0.25, 0.3) is 0 Å². The van der Waals surface area contributed by atoms with Gasteiger partial charge in [-0.3, -0.25) is 9.69 Å². The van der Waals surface area contributed by atoms with E-state index in [0.717, 1.165) is 39.0 Å². The van der Waals surface area contributed by atoms with E-state index in [9.17, 15) is 4.79 Å². The summed E-state index contributed by atoms with van der Waals surface area (Å²) in [6, 6.07) is 10.7. The third-order valence-corrected chi connectivity index (χ3v) is 4.40. The zero-order valence-corrected chi connectivity index (χ0v) is 13.0. The van der Waals surface area contributed by atoms with Gasteiger partial charge in [0.05, 0.1) is 0 Å². The van der Waals surface area contributed by atoms with Crippen LogP contribution < -0.4 is 5.73 Å². The number of carbonyl (C=O) groups excluding carboxylic acids is 1. The number of piperazine rings is 1. The predicted molar refractivity (Wildman–Crippen MR) is 86.0 cm³/mol. The van der Waals surface area contributed by atoms with Crippen molar-refractivity contribution < 1.29 is 4.79 Å². The molecular formula is C17H27N3O. The monoisotopic (exact) mass is 289 g/mol. The number of hydrogen-bond donors (Lipinski definition) is 1. The topological polar surface area (TPSA) is 49.6 Å². The van der Waals surface area contributed by atoms with E-state index in [4.69, 9.17) is 5.73 Å². The molecular weight excluding hydrogens is 262 g/mol. The molecule has 1 amide bonds. The van der Waals surface area contributed by atoms with Crippen LogP contribution >= 0.6 is 0 Å². The molecule has 2 N–H and O–H groups in total. The highest BCUT2D eigenvalue weighted by Crippen LogP contribution is 2.11. The number of nitrogens with two attached hydrogens (primary N) is 1. The quantitative estimate of drug-likeness (QED) is 0.863. The highest BCUT2D eigenvalue weighted by molar-refractivity contribution is 5.76. The van der Waals surface area contributed by atoms with Crippen molar-refractivity contribution in [1.82, 2.24) is 9.80 Å². The molecule has 2 rings (SSSR count). The number of rotatable bonds is 6. The summed E-state index contributed by atoms with van der Waals surface area (Å²) >= 11 is 0. The summed E-state index contributed by atoms with van der Waals surface area (Å²) in [4.78, 5) is 16.7. The summed E-state index contributed by atoms with van der Waals surface area (Å²) in [5.41, 5.74) is 7.03. The van der Waals surface area contributed by atoms with Crippen molar-refractivity contribution in [3.05, 3.63) is 35.9 Å². The van der Waals surface area contributed by atoms with E-state index in [1.165, 1.54) is 5.56 Å². The van der Waals surface area contributed by atoms with Crippen LogP contribution in [0.2, 0.25) is 0 Å². The Hall–Kier alpha value is -1.39. The first-order valence-corrected chi connectivity index (χ1v) is 8.00. The molecule has 21 heavy (non-hydrogen) atoms. The van der Waals surface area contributed by atoms with Crippen LogP contribution in [0.4, 0.5) is 0 Å². The summed E-state index contributed by atoms with van der Waals surface area (Å²) in [7, 11) is 0. The zero-order chi connectivity index (χ0) is 15.1. The average Bonchev–Trinajstić information content (AvgIpc) is 2.55. The Balaban J connectivity index is 1.75. The normalized spacial score (nSPS) is 17.7. The van der Waals surface area contributed by atoms with Gasteiger partial charge in [0, 0.05) is 45.2 Å². The Morgan fingerprint density at radius 1 is 1.19 bits per heavy atom. The summed E-state index contributed by atoms with van der Waals surface area (Å²) in [5.74, 6) is 0.277. The summed E-state index contributed by atoms with van der Waals surface area (Å²) in [6.45, 7) is 6.46. The molecule has 0 aliphatic carbocycles. The maximum atomic E-state index is 12.3. The molecule has 1 unspecified atom stereocenters. The van der Waals surface area contributed by atoms with E-state index >= 15 is 0 Å². The molecule has 1 saturated heterocycles. The zero-order valence-electron chi connectivity index (χ0n) is 13.0. The van der Waals surface area contributed by atoms with Gasteiger partial charge in [0.25, 0.3) is 0 Å². The third-order valence-electron chi connectivity index (χ3n) is 4.40. The Bertz CT molecular complexity index is 423.